The molecule has 1 saturated heterocycles. The molecule has 1 atom stereocenters. The van der Waals surface area contributed by atoms with Gasteiger partial charge in [0.2, 0.25) is 0 Å². The van der Waals surface area contributed by atoms with E-state index in [1.54, 1.807) is 24.3 Å². The third-order valence-corrected chi connectivity index (χ3v) is 6.35. The molecule has 1 aliphatic rings. The number of aryl methyl sites for hydroxylation is 1. The van der Waals surface area contributed by atoms with Gasteiger partial charge in [0.05, 0.1) is 28.6 Å². The number of carboxylic acid groups (broad SMARTS) is 1. The molecule has 0 aliphatic carbocycles. The van der Waals surface area contributed by atoms with Crippen molar-refractivity contribution in [2.24, 2.45) is 0 Å². The molecule has 30 heavy (non-hydrogen) atoms. The van der Waals surface area contributed by atoms with Crippen molar-refractivity contribution in [3.63, 3.8) is 0 Å². The van der Waals surface area contributed by atoms with Crippen LogP contribution in [0.1, 0.15) is 33.6 Å². The molecule has 1 fully saturated rings. The second kappa shape index (κ2) is 7.95. The molecule has 6 nitrogen and oxygen atoms in total. The monoisotopic (exact) mass is 446 g/mol. The predicted octanol–water partition coefficient (Wildman–Crippen LogP) is 4.46. The van der Waals surface area contributed by atoms with E-state index < -0.39 is 11.5 Å². The van der Waals surface area contributed by atoms with Gasteiger partial charge in [-0.25, -0.2) is 0 Å². The maximum Gasteiger partial charge on any atom is 0.307 e. The fourth-order valence-electron chi connectivity index (χ4n) is 4.00. The van der Waals surface area contributed by atoms with Gasteiger partial charge in [0.1, 0.15) is 5.69 Å². The van der Waals surface area contributed by atoms with Crippen LogP contribution in [0.5, 0.6) is 0 Å². The van der Waals surface area contributed by atoms with E-state index in [4.69, 9.17) is 33.0 Å². The molecule has 1 unspecified atom stereocenters. The number of aromatic amines is 1. The van der Waals surface area contributed by atoms with Crippen molar-refractivity contribution in [1.82, 2.24) is 10.3 Å². The Labute approximate surface area is 183 Å². The molecule has 1 amide bonds. The first-order valence-electron chi connectivity index (χ1n) is 9.48. The zero-order chi connectivity index (χ0) is 21.5. The molecule has 4 rings (SSSR count). The lowest BCUT2D eigenvalue weighted by Gasteiger charge is -2.30. The Balaban J connectivity index is 1.70. The molecule has 0 bridgehead atoms. The molecule has 3 aromatic rings. The smallest absolute Gasteiger partial charge is 0.307 e. The number of amides is 1. The molecule has 1 aromatic heterocycles. The molecule has 0 radical (unpaired) electrons. The van der Waals surface area contributed by atoms with Crippen LogP contribution in [0, 0.1) is 6.92 Å². The summed E-state index contributed by atoms with van der Waals surface area (Å²) >= 11 is 12.5. The van der Waals surface area contributed by atoms with Gasteiger partial charge in [0.15, 0.2) is 0 Å². The van der Waals surface area contributed by atoms with E-state index in [1.165, 1.54) is 0 Å². The lowest BCUT2D eigenvalue weighted by molar-refractivity contribution is -0.136. The Kier molecular flexibility index (Phi) is 5.49. The molecule has 0 spiro atoms. The number of carbonyl (C=O) groups excluding carboxylic acids is 1. The lowest BCUT2D eigenvalue weighted by atomic mass is 9.87. The second-order valence-corrected chi connectivity index (χ2v) is 8.30. The lowest BCUT2D eigenvalue weighted by Crippen LogP contribution is -2.46. The number of carboxylic acids is 1. The number of rotatable bonds is 5. The van der Waals surface area contributed by atoms with Crippen LogP contribution in [0.25, 0.3) is 10.9 Å². The maximum atomic E-state index is 13.3. The predicted molar refractivity (Wildman–Crippen MR) is 115 cm³/mol. The first-order valence-corrected chi connectivity index (χ1v) is 10.2. The summed E-state index contributed by atoms with van der Waals surface area (Å²) in [5, 5.41) is 13.8. The summed E-state index contributed by atoms with van der Waals surface area (Å²) in [5.74, 6) is -1.19. The highest BCUT2D eigenvalue weighted by Gasteiger charge is 2.39. The van der Waals surface area contributed by atoms with Crippen LogP contribution < -0.4 is 5.32 Å². The Morgan fingerprint density at radius 1 is 1.27 bits per heavy atom. The number of H-pyrrole nitrogens is 1. The van der Waals surface area contributed by atoms with E-state index in [0.29, 0.717) is 46.5 Å². The first kappa shape index (κ1) is 20.7. The van der Waals surface area contributed by atoms with Crippen LogP contribution in [0.3, 0.4) is 0 Å². The van der Waals surface area contributed by atoms with E-state index in [-0.39, 0.29) is 12.3 Å². The van der Waals surface area contributed by atoms with E-state index in [2.05, 4.69) is 10.3 Å². The number of benzene rings is 2. The molecule has 8 heteroatoms. The molecular weight excluding hydrogens is 427 g/mol. The van der Waals surface area contributed by atoms with Gasteiger partial charge in [0, 0.05) is 23.9 Å². The Morgan fingerprint density at radius 3 is 2.77 bits per heavy atom. The first-order chi connectivity index (χ1) is 14.3. The van der Waals surface area contributed by atoms with Crippen molar-refractivity contribution in [1.29, 1.82) is 0 Å². The molecule has 2 heterocycles. The fourth-order valence-corrected chi connectivity index (χ4v) is 4.46. The normalized spacial score (nSPS) is 18.6. The molecule has 3 N–H and O–H groups in total. The van der Waals surface area contributed by atoms with Crippen LogP contribution in [-0.2, 0) is 21.5 Å². The summed E-state index contributed by atoms with van der Waals surface area (Å²) in [7, 11) is 0. The number of aliphatic carboxylic acids is 1. The van der Waals surface area contributed by atoms with E-state index >= 15 is 0 Å². The maximum absolute atomic E-state index is 13.3. The summed E-state index contributed by atoms with van der Waals surface area (Å²) in [5.41, 5.74) is 2.60. The van der Waals surface area contributed by atoms with Gasteiger partial charge in [0.25, 0.3) is 5.91 Å². The van der Waals surface area contributed by atoms with Crippen LogP contribution in [-0.4, -0.2) is 35.2 Å². The topological polar surface area (TPSA) is 91.4 Å². The minimum Gasteiger partial charge on any atom is -0.481 e. The summed E-state index contributed by atoms with van der Waals surface area (Å²) in [4.78, 5) is 27.5. The van der Waals surface area contributed by atoms with E-state index in [9.17, 15) is 9.59 Å². The SMILES string of the molecule is Cc1c(C(=O)NC2(c3cccc(CC(=O)O)c3)CCOC2)[nH]c2ccc(Cl)c(Cl)c12. The minimum atomic E-state index is -0.905. The molecule has 0 saturated carbocycles. The summed E-state index contributed by atoms with van der Waals surface area (Å²) in [6.07, 6.45) is 0.500. The van der Waals surface area contributed by atoms with Crippen LogP contribution in [0.2, 0.25) is 10.0 Å². The molecule has 2 aromatic carbocycles. The standard InChI is InChI=1S/C22H20Cl2N2O4/c1-12-18-16(6-5-15(23)19(18)24)25-20(12)21(29)26-22(7-8-30-11-22)14-4-2-3-13(9-14)10-17(27)28/h2-6,9,25H,7-8,10-11H2,1H3,(H,26,29)(H,27,28). The average molecular weight is 447 g/mol. The van der Waals surface area contributed by atoms with Crippen molar-refractivity contribution < 1.29 is 19.4 Å². The Hall–Kier alpha value is -2.54. The third kappa shape index (κ3) is 3.67. The van der Waals surface area contributed by atoms with Crippen molar-refractivity contribution in [3.8, 4) is 0 Å². The Morgan fingerprint density at radius 2 is 2.07 bits per heavy atom. The molecule has 1 aliphatic heterocycles. The quantitative estimate of drug-likeness (QED) is 0.539. The largest absolute Gasteiger partial charge is 0.481 e. The van der Waals surface area contributed by atoms with Crippen molar-refractivity contribution in [2.75, 3.05) is 13.2 Å². The van der Waals surface area contributed by atoms with Gasteiger partial charge in [-0.05, 0) is 35.7 Å². The van der Waals surface area contributed by atoms with Gasteiger partial charge in [-0.1, -0.05) is 47.5 Å². The van der Waals surface area contributed by atoms with Crippen LogP contribution >= 0.6 is 23.2 Å². The van der Waals surface area contributed by atoms with Crippen molar-refractivity contribution in [3.05, 3.63) is 68.8 Å². The van der Waals surface area contributed by atoms with Gasteiger partial charge in [-0.2, -0.15) is 0 Å². The highest BCUT2D eigenvalue weighted by molar-refractivity contribution is 6.45. The summed E-state index contributed by atoms with van der Waals surface area (Å²) in [6, 6.07) is 10.7. The number of fused-ring (bicyclic) bond motifs is 1. The minimum absolute atomic E-state index is 0.0842. The van der Waals surface area contributed by atoms with Crippen LogP contribution in [0.15, 0.2) is 36.4 Å². The van der Waals surface area contributed by atoms with Crippen molar-refractivity contribution in [2.45, 2.75) is 25.3 Å². The molecule has 156 valence electrons. The number of hydrogen-bond acceptors (Lipinski definition) is 3. The van der Waals surface area contributed by atoms with Gasteiger partial charge >= 0.3 is 5.97 Å². The number of hydrogen-bond donors (Lipinski definition) is 3. The zero-order valence-electron chi connectivity index (χ0n) is 16.2. The average Bonchev–Trinajstić information content (AvgIpc) is 3.30. The number of ether oxygens (including phenoxy) is 1. The van der Waals surface area contributed by atoms with Gasteiger partial charge in [-0.3, -0.25) is 9.59 Å². The van der Waals surface area contributed by atoms with Gasteiger partial charge < -0.3 is 20.1 Å². The number of carbonyl (C=O) groups is 2. The number of halogens is 2. The highest BCUT2D eigenvalue weighted by atomic mass is 35.5. The Bertz CT molecular complexity index is 1150. The fraction of sp³-hybridized carbons (Fsp3) is 0.273. The van der Waals surface area contributed by atoms with Gasteiger partial charge in [-0.15, -0.1) is 0 Å². The summed E-state index contributed by atoms with van der Waals surface area (Å²) in [6.45, 7) is 2.62. The van der Waals surface area contributed by atoms with Crippen LogP contribution in [0.4, 0.5) is 0 Å². The highest BCUT2D eigenvalue weighted by Crippen LogP contribution is 2.36. The number of aromatic nitrogens is 1. The zero-order valence-corrected chi connectivity index (χ0v) is 17.7. The van der Waals surface area contributed by atoms with E-state index in [0.717, 1.165) is 16.5 Å². The second-order valence-electron chi connectivity index (χ2n) is 7.52. The van der Waals surface area contributed by atoms with Crippen molar-refractivity contribution >= 4 is 46.0 Å². The van der Waals surface area contributed by atoms with E-state index in [1.807, 2.05) is 19.1 Å². The third-order valence-electron chi connectivity index (χ3n) is 5.54. The molecular formula is C22H20Cl2N2O4. The number of nitrogens with one attached hydrogen (secondary N) is 2. The summed E-state index contributed by atoms with van der Waals surface area (Å²) < 4.78 is 5.62.